The van der Waals surface area contributed by atoms with Crippen LogP contribution >= 0.6 is 0 Å². The Morgan fingerprint density at radius 2 is 1.96 bits per heavy atom. The molecule has 1 N–H and O–H groups in total. The van der Waals surface area contributed by atoms with Gasteiger partial charge in [-0.15, -0.1) is 0 Å². The molecule has 0 unspecified atom stereocenters. The molecule has 132 valence electrons. The van der Waals surface area contributed by atoms with E-state index in [4.69, 9.17) is 9.15 Å². The summed E-state index contributed by atoms with van der Waals surface area (Å²) in [7, 11) is 0. The fourth-order valence-electron chi connectivity index (χ4n) is 2.15. The van der Waals surface area contributed by atoms with Crippen LogP contribution in [0.25, 0.3) is 11.3 Å². The van der Waals surface area contributed by atoms with E-state index < -0.39 is 30.2 Å². The SMILES string of the molecule is O=C(COC(=O)c1ccc(-c2cccc(C(F)(F)F)c2)o1)NC1CC1. The Balaban J connectivity index is 1.65. The van der Waals surface area contributed by atoms with Crippen LogP contribution in [0.2, 0.25) is 0 Å². The van der Waals surface area contributed by atoms with Gasteiger partial charge in [0.15, 0.2) is 6.61 Å². The number of carbonyl (C=O) groups excluding carboxylic acids is 2. The van der Waals surface area contributed by atoms with E-state index in [0.717, 1.165) is 25.0 Å². The first kappa shape index (κ1) is 17.1. The van der Waals surface area contributed by atoms with Gasteiger partial charge < -0.3 is 14.5 Å². The predicted octanol–water partition coefficient (Wildman–Crippen LogP) is 3.40. The Hall–Kier alpha value is -2.77. The molecule has 25 heavy (non-hydrogen) atoms. The molecule has 1 aromatic carbocycles. The van der Waals surface area contributed by atoms with Crippen molar-refractivity contribution >= 4 is 11.9 Å². The topological polar surface area (TPSA) is 68.5 Å². The monoisotopic (exact) mass is 353 g/mol. The molecule has 0 aliphatic heterocycles. The molecule has 0 atom stereocenters. The summed E-state index contributed by atoms with van der Waals surface area (Å²) in [5.41, 5.74) is -0.636. The van der Waals surface area contributed by atoms with Gasteiger partial charge >= 0.3 is 12.1 Å². The van der Waals surface area contributed by atoms with Gasteiger partial charge in [0, 0.05) is 11.6 Å². The lowest BCUT2D eigenvalue weighted by Gasteiger charge is -2.07. The van der Waals surface area contributed by atoms with Crippen LogP contribution in [0.15, 0.2) is 40.8 Å². The summed E-state index contributed by atoms with van der Waals surface area (Å²) < 4.78 is 48.3. The van der Waals surface area contributed by atoms with Crippen LogP contribution in [0.3, 0.4) is 0 Å². The lowest BCUT2D eigenvalue weighted by molar-refractivity contribution is -0.137. The minimum atomic E-state index is -4.47. The third kappa shape index (κ3) is 4.40. The number of alkyl halides is 3. The maximum absolute atomic E-state index is 12.7. The summed E-state index contributed by atoms with van der Waals surface area (Å²) in [5, 5.41) is 2.66. The second-order valence-electron chi connectivity index (χ2n) is 5.66. The largest absolute Gasteiger partial charge is 0.450 e. The summed E-state index contributed by atoms with van der Waals surface area (Å²) in [6.45, 7) is -0.436. The van der Waals surface area contributed by atoms with Crippen LogP contribution in [-0.4, -0.2) is 24.5 Å². The Bertz CT molecular complexity index is 793. The van der Waals surface area contributed by atoms with Gasteiger partial charge in [-0.25, -0.2) is 4.79 Å². The number of nitrogens with one attached hydrogen (secondary N) is 1. The van der Waals surface area contributed by atoms with Crippen molar-refractivity contribution in [1.82, 2.24) is 5.32 Å². The molecule has 8 heteroatoms. The number of halogens is 3. The Morgan fingerprint density at radius 3 is 2.64 bits per heavy atom. The summed E-state index contributed by atoms with van der Waals surface area (Å²) in [4.78, 5) is 23.3. The third-order valence-electron chi connectivity index (χ3n) is 3.56. The molecule has 5 nitrogen and oxygen atoms in total. The molecule has 0 bridgehead atoms. The second kappa shape index (κ2) is 6.62. The van der Waals surface area contributed by atoms with Crippen LogP contribution < -0.4 is 5.32 Å². The highest BCUT2D eigenvalue weighted by molar-refractivity contribution is 5.89. The Kier molecular flexibility index (Phi) is 4.52. The fraction of sp³-hybridized carbons (Fsp3) is 0.294. The maximum atomic E-state index is 12.7. The van der Waals surface area contributed by atoms with Gasteiger partial charge in [0.05, 0.1) is 5.56 Å². The lowest BCUT2D eigenvalue weighted by Crippen LogP contribution is -2.30. The highest BCUT2D eigenvalue weighted by Crippen LogP contribution is 2.32. The van der Waals surface area contributed by atoms with Crippen molar-refractivity contribution in [1.29, 1.82) is 0 Å². The molecule has 3 rings (SSSR count). The van der Waals surface area contributed by atoms with E-state index in [-0.39, 0.29) is 23.1 Å². The minimum absolute atomic E-state index is 0.0977. The molecule has 1 fully saturated rings. The van der Waals surface area contributed by atoms with Gasteiger partial charge in [-0.3, -0.25) is 4.79 Å². The molecule has 2 aromatic rings. The van der Waals surface area contributed by atoms with E-state index in [2.05, 4.69) is 5.32 Å². The van der Waals surface area contributed by atoms with Crippen molar-refractivity contribution in [2.24, 2.45) is 0 Å². The predicted molar refractivity (Wildman–Crippen MR) is 80.6 cm³/mol. The van der Waals surface area contributed by atoms with Crippen LogP contribution in [0.1, 0.15) is 29.0 Å². The van der Waals surface area contributed by atoms with E-state index >= 15 is 0 Å². The number of hydrogen-bond donors (Lipinski definition) is 1. The van der Waals surface area contributed by atoms with Gasteiger partial charge in [0.25, 0.3) is 5.91 Å². The van der Waals surface area contributed by atoms with Crippen molar-refractivity contribution in [2.45, 2.75) is 25.1 Å². The first-order valence-electron chi connectivity index (χ1n) is 7.57. The normalized spacial score (nSPS) is 14.2. The number of carbonyl (C=O) groups is 2. The molecular weight excluding hydrogens is 339 g/mol. The number of amides is 1. The van der Waals surface area contributed by atoms with Crippen molar-refractivity contribution in [3.8, 4) is 11.3 Å². The van der Waals surface area contributed by atoms with Gasteiger partial charge in [0.2, 0.25) is 5.76 Å². The van der Waals surface area contributed by atoms with Gasteiger partial charge in [-0.05, 0) is 37.1 Å². The van der Waals surface area contributed by atoms with Crippen molar-refractivity contribution in [3.63, 3.8) is 0 Å². The zero-order valence-corrected chi connectivity index (χ0v) is 12.9. The maximum Gasteiger partial charge on any atom is 0.416 e. The van der Waals surface area contributed by atoms with E-state index in [1.54, 1.807) is 0 Å². The Labute approximate surface area is 140 Å². The average Bonchev–Trinajstić information content (AvgIpc) is 3.24. The molecule has 0 saturated heterocycles. The summed E-state index contributed by atoms with van der Waals surface area (Å²) in [6, 6.07) is 7.37. The standard InChI is InChI=1S/C17H14F3NO4/c18-17(19,20)11-3-1-2-10(8-11)13-6-7-14(25-13)16(23)24-9-15(22)21-12-4-5-12/h1-3,6-8,12H,4-5,9H2,(H,21,22). The van der Waals surface area contributed by atoms with E-state index in [0.29, 0.717) is 0 Å². The molecule has 1 aliphatic rings. The molecule has 0 radical (unpaired) electrons. The van der Waals surface area contributed by atoms with Crippen LogP contribution in [0.4, 0.5) is 13.2 Å². The fourth-order valence-corrected chi connectivity index (χ4v) is 2.15. The summed E-state index contributed by atoms with van der Waals surface area (Å²) in [6.07, 6.45) is -2.64. The van der Waals surface area contributed by atoms with Gasteiger partial charge in [-0.2, -0.15) is 13.2 Å². The zero-order chi connectivity index (χ0) is 18.0. The number of hydrogen-bond acceptors (Lipinski definition) is 4. The average molecular weight is 353 g/mol. The first-order chi connectivity index (χ1) is 11.8. The van der Waals surface area contributed by atoms with Crippen molar-refractivity contribution in [3.05, 3.63) is 47.7 Å². The number of furan rings is 1. The number of benzene rings is 1. The highest BCUT2D eigenvalue weighted by atomic mass is 19.4. The quantitative estimate of drug-likeness (QED) is 0.837. The van der Waals surface area contributed by atoms with Gasteiger partial charge in [0.1, 0.15) is 5.76 Å². The third-order valence-corrected chi connectivity index (χ3v) is 3.56. The lowest BCUT2D eigenvalue weighted by atomic mass is 10.1. The smallest absolute Gasteiger partial charge is 0.416 e. The summed E-state index contributed by atoms with van der Waals surface area (Å²) >= 11 is 0. The van der Waals surface area contributed by atoms with E-state index in [1.165, 1.54) is 24.3 Å². The zero-order valence-electron chi connectivity index (χ0n) is 12.9. The van der Waals surface area contributed by atoms with Crippen molar-refractivity contribution in [2.75, 3.05) is 6.61 Å². The molecule has 1 aliphatic carbocycles. The van der Waals surface area contributed by atoms with E-state index in [1.807, 2.05) is 0 Å². The van der Waals surface area contributed by atoms with Gasteiger partial charge in [-0.1, -0.05) is 12.1 Å². The summed E-state index contributed by atoms with van der Waals surface area (Å²) in [5.74, 6) is -1.35. The molecule has 1 amide bonds. The second-order valence-corrected chi connectivity index (χ2v) is 5.66. The van der Waals surface area contributed by atoms with Crippen LogP contribution in [-0.2, 0) is 15.7 Å². The number of esters is 1. The minimum Gasteiger partial charge on any atom is -0.450 e. The van der Waals surface area contributed by atoms with E-state index in [9.17, 15) is 22.8 Å². The molecule has 0 spiro atoms. The number of rotatable bonds is 5. The van der Waals surface area contributed by atoms with Crippen molar-refractivity contribution < 1.29 is 31.9 Å². The molecule has 1 aromatic heterocycles. The highest BCUT2D eigenvalue weighted by Gasteiger charge is 2.30. The Morgan fingerprint density at radius 1 is 1.20 bits per heavy atom. The molecule has 1 saturated carbocycles. The van der Waals surface area contributed by atoms with Crippen LogP contribution in [0.5, 0.6) is 0 Å². The first-order valence-corrected chi connectivity index (χ1v) is 7.57. The van der Waals surface area contributed by atoms with Crippen LogP contribution in [0, 0.1) is 0 Å². The molecule has 1 heterocycles. The molecular formula is C17H14F3NO4. The number of ether oxygens (including phenoxy) is 1.